The molecule has 0 aromatic heterocycles. The number of hydrogen-bond acceptors (Lipinski definition) is 10. The van der Waals surface area contributed by atoms with Crippen LogP contribution in [0.2, 0.25) is 0 Å². The molecule has 0 radical (unpaired) electrons. The molecule has 0 spiro atoms. The van der Waals surface area contributed by atoms with Crippen LogP contribution < -0.4 is 10.6 Å². The van der Waals surface area contributed by atoms with E-state index < -0.39 is 23.9 Å². The zero-order chi connectivity index (χ0) is 55.9. The quantitative estimate of drug-likeness (QED) is 0.0784. The number of fused-ring (bicyclic) bond motifs is 2. The lowest BCUT2D eigenvalue weighted by atomic mass is 9.79. The molecule has 78 heavy (non-hydrogen) atoms. The Bertz CT molecular complexity index is 2440. The Morgan fingerprint density at radius 1 is 0.487 bits per heavy atom. The molecule has 2 aliphatic carbocycles. The van der Waals surface area contributed by atoms with Crippen molar-refractivity contribution in [1.29, 1.82) is 0 Å². The molecule has 12 nitrogen and oxygen atoms in total. The van der Waals surface area contributed by atoms with Crippen molar-refractivity contribution in [2.75, 3.05) is 53.4 Å². The summed E-state index contributed by atoms with van der Waals surface area (Å²) >= 11 is 0. The van der Waals surface area contributed by atoms with Crippen LogP contribution in [0.4, 0.5) is 0 Å². The number of aryl methyl sites for hydroxylation is 2. The average Bonchev–Trinajstić information content (AvgIpc) is 3.51. The standard InChI is InChI=1S/2C33H45N3O3/c2*1-23(2)29(20-31(37)24(3)34-4)33(39)36-18-17-35(21-25-11-6-5-7-12-25)22-30(36)32(38)19-27-15-10-14-26-13-8-9-16-28(26)27/h2*5-9,11-13,16,23-24,27,29-30,34H,10,14-15,17-22H2,1-4H3/t2*24-,27-,29-,30-/m00/s1. The second-order valence-corrected chi connectivity index (χ2v) is 23.5. The number of likely N-dealkylation sites (N-methyl/N-ethyl adjacent to an activating group) is 2. The third-order valence-electron chi connectivity index (χ3n) is 17.5. The van der Waals surface area contributed by atoms with E-state index in [9.17, 15) is 28.8 Å². The summed E-state index contributed by atoms with van der Waals surface area (Å²) in [6.45, 7) is 16.7. The Morgan fingerprint density at radius 3 is 1.21 bits per heavy atom. The van der Waals surface area contributed by atoms with E-state index in [1.54, 1.807) is 14.1 Å². The van der Waals surface area contributed by atoms with Crippen LogP contribution in [-0.4, -0.2) is 132 Å². The van der Waals surface area contributed by atoms with Gasteiger partial charge in [0.2, 0.25) is 11.8 Å². The van der Waals surface area contributed by atoms with Crippen molar-refractivity contribution in [3.8, 4) is 0 Å². The number of piperazine rings is 2. The van der Waals surface area contributed by atoms with Gasteiger partial charge in [-0.1, -0.05) is 137 Å². The van der Waals surface area contributed by atoms with Gasteiger partial charge in [0.1, 0.15) is 23.7 Å². The lowest BCUT2D eigenvalue weighted by Crippen LogP contribution is -2.59. The lowest BCUT2D eigenvalue weighted by molar-refractivity contribution is -0.149. The maximum absolute atomic E-state index is 14.1. The van der Waals surface area contributed by atoms with Crippen molar-refractivity contribution in [3.05, 3.63) is 143 Å². The Balaban J connectivity index is 0.000000226. The van der Waals surface area contributed by atoms with Gasteiger partial charge in [-0.05, 0) is 124 Å². The lowest BCUT2D eigenvalue weighted by Gasteiger charge is -2.43. The first-order valence-electron chi connectivity index (χ1n) is 29.3. The van der Waals surface area contributed by atoms with E-state index in [-0.39, 0.29) is 83.5 Å². The van der Waals surface area contributed by atoms with Crippen molar-refractivity contribution in [2.45, 2.75) is 155 Å². The number of nitrogens with zero attached hydrogens (tertiary/aromatic N) is 4. The number of hydrogen-bond donors (Lipinski definition) is 2. The fraction of sp³-hybridized carbons (Fsp3) is 0.545. The molecule has 8 atom stereocenters. The summed E-state index contributed by atoms with van der Waals surface area (Å²) in [5.41, 5.74) is 7.69. The summed E-state index contributed by atoms with van der Waals surface area (Å²) in [6, 6.07) is 36.0. The maximum Gasteiger partial charge on any atom is 0.227 e. The predicted octanol–water partition coefficient (Wildman–Crippen LogP) is 9.24. The molecule has 2 N–H and O–H groups in total. The first-order valence-corrected chi connectivity index (χ1v) is 29.3. The fourth-order valence-electron chi connectivity index (χ4n) is 12.4. The van der Waals surface area contributed by atoms with Gasteiger partial charge in [0.05, 0.1) is 12.1 Å². The number of carbonyl (C=O) groups excluding carboxylic acids is 6. The van der Waals surface area contributed by atoms with Crippen LogP contribution in [0.1, 0.15) is 138 Å². The summed E-state index contributed by atoms with van der Waals surface area (Å²) in [5.74, 6) is -0.206. The largest absolute Gasteiger partial charge is 0.330 e. The number of ketones is 4. The molecule has 2 amide bonds. The van der Waals surface area contributed by atoms with Gasteiger partial charge in [0.25, 0.3) is 0 Å². The molecule has 0 unspecified atom stereocenters. The zero-order valence-corrected chi connectivity index (χ0v) is 48.1. The normalized spacial score (nSPS) is 21.3. The minimum absolute atomic E-state index is 0.00817. The average molecular weight is 1060 g/mol. The number of nitrogens with one attached hydrogen (secondary N) is 2. The highest BCUT2D eigenvalue weighted by atomic mass is 16.2. The fourth-order valence-corrected chi connectivity index (χ4v) is 12.4. The third-order valence-corrected chi connectivity index (χ3v) is 17.5. The molecule has 12 heteroatoms. The number of benzene rings is 4. The number of rotatable bonds is 22. The van der Waals surface area contributed by atoms with Crippen LogP contribution in [-0.2, 0) is 54.7 Å². The minimum atomic E-state index is -0.498. The monoisotopic (exact) mass is 1060 g/mol. The molecule has 4 aromatic rings. The van der Waals surface area contributed by atoms with Crippen LogP contribution in [0.25, 0.3) is 0 Å². The van der Waals surface area contributed by atoms with Gasteiger partial charge in [-0.3, -0.25) is 38.6 Å². The first-order chi connectivity index (χ1) is 37.6. The van der Waals surface area contributed by atoms with Crippen LogP contribution in [0.3, 0.4) is 0 Å². The maximum atomic E-state index is 14.1. The van der Waals surface area contributed by atoms with Crippen molar-refractivity contribution in [1.82, 2.24) is 30.2 Å². The van der Waals surface area contributed by atoms with Crippen LogP contribution in [0.5, 0.6) is 0 Å². The third kappa shape index (κ3) is 15.8. The van der Waals surface area contributed by atoms with Gasteiger partial charge in [0, 0.05) is 89.9 Å². The van der Waals surface area contributed by atoms with Crippen molar-refractivity contribution >= 4 is 34.9 Å². The predicted molar refractivity (Wildman–Crippen MR) is 311 cm³/mol. The second-order valence-electron chi connectivity index (χ2n) is 23.5. The van der Waals surface area contributed by atoms with E-state index in [0.717, 1.165) is 51.6 Å². The van der Waals surface area contributed by atoms with Gasteiger partial charge in [-0.15, -0.1) is 0 Å². The zero-order valence-electron chi connectivity index (χ0n) is 48.1. The molecule has 8 rings (SSSR count). The van der Waals surface area contributed by atoms with E-state index in [1.165, 1.54) is 33.4 Å². The molecular weight excluding hydrogens is 973 g/mol. The minimum Gasteiger partial charge on any atom is -0.330 e. The van der Waals surface area contributed by atoms with E-state index >= 15 is 0 Å². The molecule has 4 aromatic carbocycles. The van der Waals surface area contributed by atoms with Crippen LogP contribution >= 0.6 is 0 Å². The molecule has 420 valence electrons. The Hall–Kier alpha value is -5.66. The highest BCUT2D eigenvalue weighted by Crippen LogP contribution is 2.37. The van der Waals surface area contributed by atoms with Crippen LogP contribution in [0.15, 0.2) is 109 Å². The molecule has 2 aliphatic heterocycles. The highest BCUT2D eigenvalue weighted by molar-refractivity contribution is 5.95. The molecule has 2 heterocycles. The summed E-state index contributed by atoms with van der Waals surface area (Å²) < 4.78 is 0. The molecule has 4 aliphatic rings. The summed E-state index contributed by atoms with van der Waals surface area (Å²) in [4.78, 5) is 90.1. The Kier molecular flexibility index (Phi) is 22.3. The van der Waals surface area contributed by atoms with Gasteiger partial charge in [-0.2, -0.15) is 0 Å². The Morgan fingerprint density at radius 2 is 0.846 bits per heavy atom. The van der Waals surface area contributed by atoms with Crippen molar-refractivity contribution < 1.29 is 28.8 Å². The van der Waals surface area contributed by atoms with E-state index in [0.29, 0.717) is 52.1 Å². The highest BCUT2D eigenvalue weighted by Gasteiger charge is 2.42. The topological polar surface area (TPSA) is 139 Å². The molecular formula is C66H90N6O6. The first kappa shape index (κ1) is 60.0. The SMILES string of the molecule is CN[C@@H](C)C(=O)C[C@H](C(=O)N1CCN(Cc2ccccc2)C[C@H]1C(=O)C[C@@H]1CCCc2ccccc21)C(C)C.CN[C@@H](C)C(=O)C[C@H](C(=O)N1CCN(Cc2ccccc2)C[C@H]1C(=O)C[C@@H]1CCCc2ccccc21)C(C)C. The summed E-state index contributed by atoms with van der Waals surface area (Å²) in [7, 11) is 3.53. The number of Topliss-reactive ketones (excluding diaryl/α,β-unsaturated/α-hetero) is 4. The molecule has 0 saturated carbocycles. The van der Waals surface area contributed by atoms with Gasteiger partial charge >= 0.3 is 0 Å². The molecule has 0 bridgehead atoms. The van der Waals surface area contributed by atoms with Crippen molar-refractivity contribution in [3.63, 3.8) is 0 Å². The summed E-state index contributed by atoms with van der Waals surface area (Å²) in [6.07, 6.45) is 7.60. The van der Waals surface area contributed by atoms with E-state index in [4.69, 9.17) is 0 Å². The number of amides is 2. The van der Waals surface area contributed by atoms with Crippen LogP contribution in [0, 0.1) is 23.7 Å². The summed E-state index contributed by atoms with van der Waals surface area (Å²) in [5, 5.41) is 6.00. The molecule has 2 fully saturated rings. The molecule has 2 saturated heterocycles. The number of carbonyl (C=O) groups is 6. The van der Waals surface area contributed by atoms with Gasteiger partial charge in [0.15, 0.2) is 11.6 Å². The smallest absolute Gasteiger partial charge is 0.227 e. The van der Waals surface area contributed by atoms with Crippen molar-refractivity contribution in [2.24, 2.45) is 23.7 Å². The second kappa shape index (κ2) is 29.0. The van der Waals surface area contributed by atoms with E-state index in [2.05, 4.69) is 93.2 Å². The van der Waals surface area contributed by atoms with Gasteiger partial charge in [-0.25, -0.2) is 0 Å². The van der Waals surface area contributed by atoms with Gasteiger partial charge < -0.3 is 20.4 Å². The Labute approximate surface area is 466 Å². The van der Waals surface area contributed by atoms with E-state index in [1.807, 2.05) is 87.7 Å².